The van der Waals surface area contributed by atoms with E-state index in [0.29, 0.717) is 17.0 Å². The number of benzene rings is 2. The molecule has 144 valence electrons. The molecule has 0 radical (unpaired) electrons. The van der Waals surface area contributed by atoms with Crippen molar-refractivity contribution in [3.8, 4) is 0 Å². The summed E-state index contributed by atoms with van der Waals surface area (Å²) in [5.41, 5.74) is 4.67. The molecule has 1 aliphatic rings. The number of rotatable bonds is 4. The van der Waals surface area contributed by atoms with Crippen molar-refractivity contribution in [1.82, 2.24) is 15.1 Å². The fourth-order valence-corrected chi connectivity index (χ4v) is 4.69. The van der Waals surface area contributed by atoms with Gasteiger partial charge in [0.1, 0.15) is 5.82 Å². The lowest BCUT2D eigenvalue weighted by Crippen LogP contribution is -2.30. The van der Waals surface area contributed by atoms with Crippen LogP contribution in [-0.4, -0.2) is 21.4 Å². The summed E-state index contributed by atoms with van der Waals surface area (Å²) in [6, 6.07) is 14.5. The molecule has 0 fully saturated rings. The molecule has 0 saturated heterocycles. The Morgan fingerprint density at radius 2 is 2.04 bits per heavy atom. The average molecular weight is 396 g/mol. The number of carbonyl (C=O) groups is 1. The van der Waals surface area contributed by atoms with Gasteiger partial charge < -0.3 is 5.32 Å². The zero-order chi connectivity index (χ0) is 19.7. The number of aromatic nitrogens is 2. The first-order valence-corrected chi connectivity index (χ1v) is 10.3. The molecule has 1 amide bonds. The van der Waals surface area contributed by atoms with Crippen LogP contribution in [0, 0.1) is 19.7 Å². The molecule has 1 aliphatic heterocycles. The first-order valence-electron chi connectivity index (χ1n) is 9.33. The van der Waals surface area contributed by atoms with Gasteiger partial charge in [-0.3, -0.25) is 9.48 Å². The minimum absolute atomic E-state index is 0.134. The highest BCUT2D eigenvalue weighted by molar-refractivity contribution is 7.99. The van der Waals surface area contributed by atoms with Crippen LogP contribution in [0.5, 0.6) is 0 Å². The minimum Gasteiger partial charge on any atom is -0.345 e. The van der Waals surface area contributed by atoms with E-state index in [4.69, 9.17) is 0 Å². The molecule has 1 unspecified atom stereocenters. The van der Waals surface area contributed by atoms with Crippen molar-refractivity contribution >= 4 is 17.7 Å². The third-order valence-corrected chi connectivity index (χ3v) is 6.14. The van der Waals surface area contributed by atoms with Gasteiger partial charge in [0.15, 0.2) is 0 Å². The number of halogens is 1. The van der Waals surface area contributed by atoms with Crippen LogP contribution in [0.2, 0.25) is 0 Å². The molecule has 6 heteroatoms. The second-order valence-electron chi connectivity index (χ2n) is 7.10. The van der Waals surface area contributed by atoms with Gasteiger partial charge in [0.2, 0.25) is 0 Å². The Bertz CT molecular complexity index is 1010. The fourth-order valence-electron chi connectivity index (χ4n) is 3.55. The van der Waals surface area contributed by atoms with Crippen molar-refractivity contribution < 1.29 is 9.18 Å². The van der Waals surface area contributed by atoms with E-state index in [0.717, 1.165) is 34.7 Å². The molecule has 1 N–H and O–H groups in total. The minimum atomic E-state index is -0.213. The van der Waals surface area contributed by atoms with E-state index in [9.17, 15) is 9.18 Å². The summed E-state index contributed by atoms with van der Waals surface area (Å²) in [6.45, 7) is 4.68. The van der Waals surface area contributed by atoms with Crippen LogP contribution in [0.3, 0.4) is 0 Å². The number of nitrogens with one attached hydrogen (secondary N) is 1. The number of hydrogen-bond donors (Lipinski definition) is 1. The lowest BCUT2D eigenvalue weighted by Gasteiger charge is -2.26. The molecule has 2 aromatic carbocycles. The lowest BCUT2D eigenvalue weighted by atomic mass is 10.0. The first-order chi connectivity index (χ1) is 13.5. The van der Waals surface area contributed by atoms with E-state index in [2.05, 4.69) is 10.4 Å². The SMILES string of the molecule is Cc1cc(C)n(Cc2ccc(C(=O)NC3CCSc4c(F)cccc43)cc2)n1. The third-order valence-electron chi connectivity index (χ3n) is 4.98. The Kier molecular flexibility index (Phi) is 5.22. The zero-order valence-electron chi connectivity index (χ0n) is 15.9. The second-order valence-corrected chi connectivity index (χ2v) is 8.21. The van der Waals surface area contributed by atoms with Crippen LogP contribution < -0.4 is 5.32 Å². The summed E-state index contributed by atoms with van der Waals surface area (Å²) in [5, 5.41) is 7.54. The van der Waals surface area contributed by atoms with Crippen LogP contribution in [-0.2, 0) is 6.54 Å². The molecule has 2 heterocycles. The predicted octanol–water partition coefficient (Wildman–Crippen LogP) is 4.65. The number of fused-ring (bicyclic) bond motifs is 1. The summed E-state index contributed by atoms with van der Waals surface area (Å²) < 4.78 is 16.0. The van der Waals surface area contributed by atoms with Gasteiger partial charge in [-0.15, -0.1) is 11.8 Å². The Morgan fingerprint density at radius 1 is 1.25 bits per heavy atom. The molecule has 0 bridgehead atoms. The molecule has 3 aromatic rings. The van der Waals surface area contributed by atoms with E-state index in [1.54, 1.807) is 6.07 Å². The molecule has 0 aliphatic carbocycles. The smallest absolute Gasteiger partial charge is 0.251 e. The van der Waals surface area contributed by atoms with Crippen LogP contribution in [0.1, 0.15) is 45.3 Å². The molecule has 1 atom stereocenters. The second kappa shape index (κ2) is 7.80. The number of amides is 1. The fraction of sp³-hybridized carbons (Fsp3) is 0.273. The number of carbonyl (C=O) groups excluding carboxylic acids is 1. The maximum atomic E-state index is 14.0. The highest BCUT2D eigenvalue weighted by atomic mass is 32.2. The van der Waals surface area contributed by atoms with Gasteiger partial charge in [-0.25, -0.2) is 4.39 Å². The quantitative estimate of drug-likeness (QED) is 0.699. The molecule has 0 spiro atoms. The summed E-state index contributed by atoms with van der Waals surface area (Å²) in [5.74, 6) is 0.445. The van der Waals surface area contributed by atoms with E-state index in [1.807, 2.05) is 54.9 Å². The van der Waals surface area contributed by atoms with Gasteiger partial charge >= 0.3 is 0 Å². The first kappa shape index (κ1) is 18.7. The highest BCUT2D eigenvalue weighted by Crippen LogP contribution is 2.37. The van der Waals surface area contributed by atoms with Crippen molar-refractivity contribution in [2.45, 2.75) is 37.8 Å². The van der Waals surface area contributed by atoms with Crippen molar-refractivity contribution in [2.75, 3.05) is 5.75 Å². The molecule has 1 aromatic heterocycles. The topological polar surface area (TPSA) is 46.9 Å². The Hall–Kier alpha value is -2.60. The van der Waals surface area contributed by atoms with Crippen LogP contribution in [0.4, 0.5) is 4.39 Å². The van der Waals surface area contributed by atoms with E-state index >= 15 is 0 Å². The molecular weight excluding hydrogens is 373 g/mol. The monoisotopic (exact) mass is 395 g/mol. The zero-order valence-corrected chi connectivity index (χ0v) is 16.7. The molecule has 28 heavy (non-hydrogen) atoms. The van der Waals surface area contributed by atoms with Crippen LogP contribution >= 0.6 is 11.8 Å². The largest absolute Gasteiger partial charge is 0.345 e. The summed E-state index contributed by atoms with van der Waals surface area (Å²) >= 11 is 1.51. The predicted molar refractivity (Wildman–Crippen MR) is 109 cm³/mol. The van der Waals surface area contributed by atoms with Gasteiger partial charge in [0.25, 0.3) is 5.91 Å². The number of nitrogens with zero attached hydrogens (tertiary/aromatic N) is 2. The van der Waals surface area contributed by atoms with E-state index < -0.39 is 0 Å². The highest BCUT2D eigenvalue weighted by Gasteiger charge is 2.24. The number of aryl methyl sites for hydroxylation is 2. The Labute approximate surface area is 168 Å². The average Bonchev–Trinajstić information content (AvgIpc) is 3.00. The number of hydrogen-bond acceptors (Lipinski definition) is 3. The summed E-state index contributed by atoms with van der Waals surface area (Å²) in [7, 11) is 0. The molecule has 4 rings (SSSR count). The van der Waals surface area contributed by atoms with Crippen LogP contribution in [0.15, 0.2) is 53.4 Å². The van der Waals surface area contributed by atoms with Gasteiger partial charge in [0.05, 0.1) is 18.3 Å². The third kappa shape index (κ3) is 3.83. The molecule has 0 saturated carbocycles. The normalized spacial score (nSPS) is 15.9. The van der Waals surface area contributed by atoms with Gasteiger partial charge in [-0.1, -0.05) is 24.3 Å². The maximum absolute atomic E-state index is 14.0. The Morgan fingerprint density at radius 3 is 2.75 bits per heavy atom. The van der Waals surface area contributed by atoms with Gasteiger partial charge in [0, 0.05) is 21.9 Å². The van der Waals surface area contributed by atoms with Crippen LogP contribution in [0.25, 0.3) is 0 Å². The van der Waals surface area contributed by atoms with E-state index in [-0.39, 0.29) is 17.8 Å². The van der Waals surface area contributed by atoms with Crippen molar-refractivity contribution in [1.29, 1.82) is 0 Å². The summed E-state index contributed by atoms with van der Waals surface area (Å²) in [4.78, 5) is 13.4. The van der Waals surface area contributed by atoms with Gasteiger partial charge in [-0.2, -0.15) is 5.10 Å². The van der Waals surface area contributed by atoms with Crippen molar-refractivity contribution in [2.24, 2.45) is 0 Å². The van der Waals surface area contributed by atoms with Crippen molar-refractivity contribution in [3.63, 3.8) is 0 Å². The van der Waals surface area contributed by atoms with Crippen molar-refractivity contribution in [3.05, 3.63) is 82.4 Å². The Balaban J connectivity index is 1.46. The standard InChI is InChI=1S/C22H22FN3OS/c1-14-12-15(2)26(25-14)13-16-6-8-17(9-7-16)22(27)24-20-10-11-28-21-18(20)4-3-5-19(21)23/h3-9,12,20H,10-11,13H2,1-2H3,(H,24,27). The number of thioether (sulfide) groups is 1. The summed E-state index contributed by atoms with van der Waals surface area (Å²) in [6.07, 6.45) is 0.795. The maximum Gasteiger partial charge on any atom is 0.251 e. The van der Waals surface area contributed by atoms with E-state index in [1.165, 1.54) is 17.8 Å². The lowest BCUT2D eigenvalue weighted by molar-refractivity contribution is 0.0934. The van der Waals surface area contributed by atoms with Gasteiger partial charge in [-0.05, 0) is 55.7 Å². The molecular formula is C22H22FN3OS. The molecule has 4 nitrogen and oxygen atoms in total.